The van der Waals surface area contributed by atoms with Crippen molar-refractivity contribution < 1.29 is 22.8 Å². The van der Waals surface area contributed by atoms with Gasteiger partial charge in [0, 0.05) is 45.4 Å². The van der Waals surface area contributed by atoms with Gasteiger partial charge in [-0.1, -0.05) is 6.07 Å². The molecule has 2 rings (SSSR count). The third-order valence-corrected chi connectivity index (χ3v) is 3.70. The molecule has 1 fully saturated rings. The van der Waals surface area contributed by atoms with Gasteiger partial charge in [0.15, 0.2) is 0 Å². The highest BCUT2D eigenvalue weighted by Gasteiger charge is 2.40. The molecular weight excluding hydrogens is 325 g/mol. The second-order valence-corrected chi connectivity index (χ2v) is 5.89. The summed E-state index contributed by atoms with van der Waals surface area (Å²) >= 11 is 0. The SMILES string of the molecule is CN(C)c1ncccc1CNC(=O)C1CC(=O)N(CC(F)(F)F)C1. The lowest BCUT2D eigenvalue weighted by atomic mass is 10.1. The predicted molar refractivity (Wildman–Crippen MR) is 81.2 cm³/mol. The number of carbonyl (C=O) groups excluding carboxylic acids is 2. The fraction of sp³-hybridized carbons (Fsp3) is 0.533. The summed E-state index contributed by atoms with van der Waals surface area (Å²) in [4.78, 5) is 30.4. The molecule has 0 bridgehead atoms. The quantitative estimate of drug-likeness (QED) is 0.871. The number of pyridine rings is 1. The standard InChI is InChI=1S/C15H19F3N4O2/c1-21(2)13-10(4-3-5-19-13)7-20-14(24)11-6-12(23)22(8-11)9-15(16,17)18/h3-5,11H,6-9H2,1-2H3,(H,20,24). The maximum Gasteiger partial charge on any atom is 0.406 e. The number of carbonyl (C=O) groups is 2. The monoisotopic (exact) mass is 344 g/mol. The molecule has 6 nitrogen and oxygen atoms in total. The highest BCUT2D eigenvalue weighted by atomic mass is 19.4. The molecular formula is C15H19F3N4O2. The van der Waals surface area contributed by atoms with E-state index in [1.165, 1.54) is 0 Å². The van der Waals surface area contributed by atoms with Gasteiger partial charge in [-0.2, -0.15) is 13.2 Å². The summed E-state index contributed by atoms with van der Waals surface area (Å²) in [5.41, 5.74) is 0.785. The van der Waals surface area contributed by atoms with Gasteiger partial charge in [0.05, 0.1) is 5.92 Å². The third kappa shape index (κ3) is 4.59. The van der Waals surface area contributed by atoms with Crippen LogP contribution < -0.4 is 10.2 Å². The van der Waals surface area contributed by atoms with Crippen molar-refractivity contribution in [3.8, 4) is 0 Å². The van der Waals surface area contributed by atoms with Crippen LogP contribution >= 0.6 is 0 Å². The lowest BCUT2D eigenvalue weighted by Crippen LogP contribution is -2.37. The van der Waals surface area contributed by atoms with Crippen LogP contribution in [0.15, 0.2) is 18.3 Å². The molecule has 0 saturated carbocycles. The van der Waals surface area contributed by atoms with Crippen LogP contribution in [0.25, 0.3) is 0 Å². The van der Waals surface area contributed by atoms with Gasteiger partial charge in [-0.3, -0.25) is 9.59 Å². The van der Waals surface area contributed by atoms with Crippen molar-refractivity contribution in [2.75, 3.05) is 32.1 Å². The molecule has 1 N–H and O–H groups in total. The second-order valence-electron chi connectivity index (χ2n) is 5.89. The number of amides is 2. The molecule has 1 aromatic rings. The smallest absolute Gasteiger partial charge is 0.362 e. The van der Waals surface area contributed by atoms with Crippen LogP contribution in [0.4, 0.5) is 19.0 Å². The molecule has 0 aliphatic carbocycles. The second kappa shape index (κ2) is 7.06. The summed E-state index contributed by atoms with van der Waals surface area (Å²) in [6.07, 6.45) is -3.03. The van der Waals surface area contributed by atoms with E-state index in [2.05, 4.69) is 10.3 Å². The predicted octanol–water partition coefficient (Wildman–Crippen LogP) is 1.17. The lowest BCUT2D eigenvalue weighted by Gasteiger charge is -2.19. The number of nitrogens with zero attached hydrogens (tertiary/aromatic N) is 3. The molecule has 9 heteroatoms. The highest BCUT2D eigenvalue weighted by molar-refractivity contribution is 5.89. The van der Waals surface area contributed by atoms with Crippen molar-refractivity contribution in [3.05, 3.63) is 23.9 Å². The van der Waals surface area contributed by atoms with Gasteiger partial charge in [-0.25, -0.2) is 4.98 Å². The number of halogens is 3. The first-order valence-corrected chi connectivity index (χ1v) is 7.41. The highest BCUT2D eigenvalue weighted by Crippen LogP contribution is 2.24. The maximum absolute atomic E-state index is 12.4. The Morgan fingerprint density at radius 2 is 2.17 bits per heavy atom. The minimum Gasteiger partial charge on any atom is -0.362 e. The van der Waals surface area contributed by atoms with Crippen LogP contribution in [0.1, 0.15) is 12.0 Å². The molecule has 132 valence electrons. The van der Waals surface area contributed by atoms with E-state index in [1.807, 2.05) is 14.1 Å². The summed E-state index contributed by atoms with van der Waals surface area (Å²) < 4.78 is 37.2. The average Bonchev–Trinajstić information content (AvgIpc) is 2.84. The third-order valence-electron chi connectivity index (χ3n) is 3.70. The zero-order chi connectivity index (χ0) is 17.9. The molecule has 0 spiro atoms. The van der Waals surface area contributed by atoms with Gasteiger partial charge in [-0.05, 0) is 6.07 Å². The number of rotatable bonds is 5. The van der Waals surface area contributed by atoms with E-state index < -0.39 is 30.5 Å². The molecule has 1 unspecified atom stereocenters. The first kappa shape index (κ1) is 18.0. The molecule has 0 aromatic carbocycles. The number of hydrogen-bond acceptors (Lipinski definition) is 4. The van der Waals surface area contributed by atoms with Gasteiger partial charge in [-0.15, -0.1) is 0 Å². The molecule has 1 aliphatic heterocycles. The van der Waals surface area contributed by atoms with E-state index in [1.54, 1.807) is 23.2 Å². The molecule has 1 aliphatic rings. The Kier molecular flexibility index (Phi) is 5.30. The van der Waals surface area contributed by atoms with E-state index in [9.17, 15) is 22.8 Å². The summed E-state index contributed by atoms with van der Waals surface area (Å²) in [7, 11) is 3.64. The van der Waals surface area contributed by atoms with Crippen molar-refractivity contribution in [2.24, 2.45) is 5.92 Å². The fourth-order valence-electron chi connectivity index (χ4n) is 2.61. The number of likely N-dealkylation sites (tertiary alicyclic amines) is 1. The number of nitrogens with one attached hydrogen (secondary N) is 1. The summed E-state index contributed by atoms with van der Waals surface area (Å²) in [6.45, 7) is -1.33. The van der Waals surface area contributed by atoms with Crippen molar-refractivity contribution in [2.45, 2.75) is 19.1 Å². The molecule has 1 atom stereocenters. The largest absolute Gasteiger partial charge is 0.406 e. The van der Waals surface area contributed by atoms with Gasteiger partial charge in [0.25, 0.3) is 0 Å². The molecule has 2 heterocycles. The van der Waals surface area contributed by atoms with E-state index >= 15 is 0 Å². The Morgan fingerprint density at radius 1 is 1.46 bits per heavy atom. The van der Waals surface area contributed by atoms with E-state index in [4.69, 9.17) is 0 Å². The average molecular weight is 344 g/mol. The number of anilines is 1. The summed E-state index contributed by atoms with van der Waals surface area (Å²) in [5, 5.41) is 2.67. The number of alkyl halides is 3. The van der Waals surface area contributed by atoms with Crippen LogP contribution in [0.3, 0.4) is 0 Å². The lowest BCUT2D eigenvalue weighted by molar-refractivity contribution is -0.157. The van der Waals surface area contributed by atoms with Gasteiger partial charge < -0.3 is 15.1 Å². The Bertz CT molecular complexity index is 619. The molecule has 2 amide bonds. The fourth-order valence-corrected chi connectivity index (χ4v) is 2.61. The summed E-state index contributed by atoms with van der Waals surface area (Å²) in [6, 6.07) is 3.54. The molecule has 0 radical (unpaired) electrons. The molecule has 1 saturated heterocycles. The van der Waals surface area contributed by atoms with Crippen molar-refractivity contribution in [1.29, 1.82) is 0 Å². The summed E-state index contributed by atoms with van der Waals surface area (Å²) in [5.74, 6) is -1.15. The van der Waals surface area contributed by atoms with Crippen LogP contribution in [-0.2, 0) is 16.1 Å². The maximum atomic E-state index is 12.4. The topological polar surface area (TPSA) is 65.5 Å². The first-order chi connectivity index (χ1) is 11.2. The molecule has 24 heavy (non-hydrogen) atoms. The zero-order valence-corrected chi connectivity index (χ0v) is 13.4. The minimum atomic E-state index is -4.46. The van der Waals surface area contributed by atoms with Crippen LogP contribution in [0.5, 0.6) is 0 Å². The van der Waals surface area contributed by atoms with Crippen molar-refractivity contribution >= 4 is 17.6 Å². The Balaban J connectivity index is 1.93. The number of hydrogen-bond donors (Lipinski definition) is 1. The van der Waals surface area contributed by atoms with Crippen LogP contribution in [0.2, 0.25) is 0 Å². The minimum absolute atomic E-state index is 0.199. The van der Waals surface area contributed by atoms with E-state index in [0.29, 0.717) is 10.7 Å². The van der Waals surface area contributed by atoms with E-state index in [0.717, 1.165) is 5.56 Å². The molecule has 1 aromatic heterocycles. The van der Waals surface area contributed by atoms with Gasteiger partial charge in [0.2, 0.25) is 11.8 Å². The normalized spacial score (nSPS) is 18.0. The van der Waals surface area contributed by atoms with Gasteiger partial charge in [0.1, 0.15) is 12.4 Å². The Morgan fingerprint density at radius 3 is 2.79 bits per heavy atom. The van der Waals surface area contributed by atoms with Crippen molar-refractivity contribution in [1.82, 2.24) is 15.2 Å². The van der Waals surface area contributed by atoms with Crippen LogP contribution in [-0.4, -0.2) is 55.1 Å². The number of aromatic nitrogens is 1. The Hall–Kier alpha value is -2.32. The Labute approximate surface area is 137 Å². The van der Waals surface area contributed by atoms with Crippen LogP contribution in [0, 0.1) is 5.92 Å². The first-order valence-electron chi connectivity index (χ1n) is 7.41. The van der Waals surface area contributed by atoms with E-state index in [-0.39, 0.29) is 19.5 Å². The van der Waals surface area contributed by atoms with Crippen molar-refractivity contribution in [3.63, 3.8) is 0 Å². The zero-order valence-electron chi connectivity index (χ0n) is 13.4. The van der Waals surface area contributed by atoms with Gasteiger partial charge >= 0.3 is 6.18 Å².